The first-order valence-corrected chi connectivity index (χ1v) is 7.53. The fourth-order valence-corrected chi connectivity index (χ4v) is 2.92. The number of likely N-dealkylation sites (tertiary alicyclic amines) is 1. The maximum atomic E-state index is 3.69. The van der Waals surface area contributed by atoms with Crippen LogP contribution in [0, 0.1) is 11.3 Å². The van der Waals surface area contributed by atoms with Crippen LogP contribution >= 0.6 is 0 Å². The van der Waals surface area contributed by atoms with Crippen LogP contribution < -0.4 is 5.32 Å². The summed E-state index contributed by atoms with van der Waals surface area (Å²) in [7, 11) is 0. The Morgan fingerprint density at radius 3 is 2.71 bits per heavy atom. The fraction of sp³-hybridized carbons (Fsp3) is 1.00. The summed E-state index contributed by atoms with van der Waals surface area (Å²) in [5.41, 5.74) is 0.573. The third kappa shape index (κ3) is 4.59. The molecule has 0 spiro atoms. The molecule has 0 aromatic heterocycles. The van der Waals surface area contributed by atoms with Gasteiger partial charge in [0.2, 0.25) is 0 Å². The molecule has 1 heterocycles. The highest BCUT2D eigenvalue weighted by Gasteiger charge is 2.27. The highest BCUT2D eigenvalue weighted by atomic mass is 15.1. The predicted octanol–water partition coefficient (Wildman–Crippen LogP) is 2.89. The van der Waals surface area contributed by atoms with Gasteiger partial charge in [-0.05, 0) is 63.5 Å². The van der Waals surface area contributed by atoms with Crippen LogP contribution in [0.5, 0.6) is 0 Å². The molecule has 2 heteroatoms. The van der Waals surface area contributed by atoms with Crippen molar-refractivity contribution in [2.45, 2.75) is 58.9 Å². The van der Waals surface area contributed by atoms with Crippen LogP contribution in [0.4, 0.5) is 0 Å². The molecule has 0 aromatic carbocycles. The Morgan fingerprint density at radius 2 is 2.00 bits per heavy atom. The van der Waals surface area contributed by atoms with Gasteiger partial charge in [0.15, 0.2) is 0 Å². The molecular formula is C15H30N2. The molecule has 0 aromatic rings. The van der Waals surface area contributed by atoms with Crippen molar-refractivity contribution in [2.24, 2.45) is 11.3 Å². The Morgan fingerprint density at radius 1 is 1.24 bits per heavy atom. The second kappa shape index (κ2) is 5.71. The number of nitrogens with one attached hydrogen (secondary N) is 1. The Balaban J connectivity index is 1.61. The van der Waals surface area contributed by atoms with Crippen molar-refractivity contribution in [2.75, 3.05) is 26.2 Å². The molecule has 17 heavy (non-hydrogen) atoms. The summed E-state index contributed by atoms with van der Waals surface area (Å²) in [4.78, 5) is 2.65. The molecule has 1 aliphatic carbocycles. The maximum absolute atomic E-state index is 3.69. The molecule has 1 N–H and O–H groups in total. The molecule has 1 saturated carbocycles. The van der Waals surface area contributed by atoms with E-state index in [0.717, 1.165) is 12.0 Å². The summed E-state index contributed by atoms with van der Waals surface area (Å²) < 4.78 is 0. The van der Waals surface area contributed by atoms with E-state index in [0.29, 0.717) is 5.41 Å². The molecule has 1 unspecified atom stereocenters. The second-order valence-corrected chi connectivity index (χ2v) is 6.94. The van der Waals surface area contributed by atoms with E-state index in [1.165, 1.54) is 58.3 Å². The third-order valence-electron chi connectivity index (χ3n) is 4.66. The SMILES string of the molecule is CC(NCCN1CCCC(C)(C)CC1)C1CC1. The quantitative estimate of drug-likeness (QED) is 0.792. The first kappa shape index (κ1) is 13.4. The fourth-order valence-electron chi connectivity index (χ4n) is 2.92. The van der Waals surface area contributed by atoms with Crippen LogP contribution in [0.1, 0.15) is 52.9 Å². The highest BCUT2D eigenvalue weighted by Crippen LogP contribution is 2.32. The van der Waals surface area contributed by atoms with Crippen molar-refractivity contribution in [3.05, 3.63) is 0 Å². The standard InChI is InChI=1S/C15H30N2/c1-13(14-5-6-14)16-9-12-17-10-4-7-15(2,3)8-11-17/h13-14,16H,4-12H2,1-3H3. The number of hydrogen-bond donors (Lipinski definition) is 1. The lowest BCUT2D eigenvalue weighted by atomic mass is 9.85. The molecule has 0 bridgehead atoms. The Labute approximate surface area is 107 Å². The van der Waals surface area contributed by atoms with E-state index in [1.807, 2.05) is 0 Å². The van der Waals surface area contributed by atoms with Crippen LogP contribution in [0.15, 0.2) is 0 Å². The van der Waals surface area contributed by atoms with E-state index < -0.39 is 0 Å². The summed E-state index contributed by atoms with van der Waals surface area (Å²) in [5.74, 6) is 0.984. The van der Waals surface area contributed by atoms with Crippen molar-refractivity contribution < 1.29 is 0 Å². The van der Waals surface area contributed by atoms with Crippen LogP contribution in [0.25, 0.3) is 0 Å². The van der Waals surface area contributed by atoms with Gasteiger partial charge in [-0.2, -0.15) is 0 Å². The van der Waals surface area contributed by atoms with E-state index in [2.05, 4.69) is 31.0 Å². The van der Waals surface area contributed by atoms with Crippen molar-refractivity contribution in [1.29, 1.82) is 0 Å². The predicted molar refractivity (Wildman–Crippen MR) is 74.3 cm³/mol. The molecular weight excluding hydrogens is 208 g/mol. The topological polar surface area (TPSA) is 15.3 Å². The average Bonchev–Trinajstić information content (AvgIpc) is 3.07. The Kier molecular flexibility index (Phi) is 4.48. The van der Waals surface area contributed by atoms with E-state index >= 15 is 0 Å². The normalized spacial score (nSPS) is 27.7. The minimum absolute atomic E-state index is 0.573. The maximum Gasteiger partial charge on any atom is 0.0107 e. The number of hydrogen-bond acceptors (Lipinski definition) is 2. The van der Waals surface area contributed by atoms with Gasteiger partial charge < -0.3 is 10.2 Å². The lowest BCUT2D eigenvalue weighted by molar-refractivity contribution is 0.258. The Bertz CT molecular complexity index is 233. The van der Waals surface area contributed by atoms with Crippen molar-refractivity contribution >= 4 is 0 Å². The van der Waals surface area contributed by atoms with Gasteiger partial charge >= 0.3 is 0 Å². The molecule has 1 aliphatic heterocycles. The van der Waals surface area contributed by atoms with Crippen LogP contribution in [-0.2, 0) is 0 Å². The third-order valence-corrected chi connectivity index (χ3v) is 4.66. The van der Waals surface area contributed by atoms with E-state index in [1.54, 1.807) is 0 Å². The first-order chi connectivity index (χ1) is 8.07. The summed E-state index contributed by atoms with van der Waals surface area (Å²) in [6.45, 7) is 12.2. The van der Waals surface area contributed by atoms with Crippen molar-refractivity contribution in [3.8, 4) is 0 Å². The van der Waals surface area contributed by atoms with Gasteiger partial charge in [-0.1, -0.05) is 13.8 Å². The zero-order chi connectivity index (χ0) is 12.3. The highest BCUT2D eigenvalue weighted by molar-refractivity contribution is 4.83. The molecule has 1 saturated heterocycles. The smallest absolute Gasteiger partial charge is 0.0107 e. The molecule has 2 rings (SSSR count). The number of rotatable bonds is 5. The van der Waals surface area contributed by atoms with Gasteiger partial charge in [0.25, 0.3) is 0 Å². The summed E-state index contributed by atoms with van der Waals surface area (Å²) in [6.07, 6.45) is 7.05. The van der Waals surface area contributed by atoms with Crippen LogP contribution in [0.2, 0.25) is 0 Å². The van der Waals surface area contributed by atoms with E-state index in [4.69, 9.17) is 0 Å². The average molecular weight is 238 g/mol. The molecule has 2 nitrogen and oxygen atoms in total. The van der Waals surface area contributed by atoms with Crippen LogP contribution in [-0.4, -0.2) is 37.1 Å². The molecule has 1 atom stereocenters. The lowest BCUT2D eigenvalue weighted by Gasteiger charge is -2.24. The van der Waals surface area contributed by atoms with Crippen molar-refractivity contribution in [1.82, 2.24) is 10.2 Å². The largest absolute Gasteiger partial charge is 0.313 e. The lowest BCUT2D eigenvalue weighted by Crippen LogP contribution is -2.37. The molecule has 0 radical (unpaired) electrons. The molecule has 2 fully saturated rings. The van der Waals surface area contributed by atoms with E-state index in [9.17, 15) is 0 Å². The Hall–Kier alpha value is -0.0800. The minimum atomic E-state index is 0.573. The number of nitrogens with zero attached hydrogens (tertiary/aromatic N) is 1. The zero-order valence-electron chi connectivity index (χ0n) is 12.0. The monoisotopic (exact) mass is 238 g/mol. The first-order valence-electron chi connectivity index (χ1n) is 7.53. The van der Waals surface area contributed by atoms with E-state index in [-0.39, 0.29) is 0 Å². The molecule has 2 aliphatic rings. The summed E-state index contributed by atoms with van der Waals surface area (Å²) >= 11 is 0. The van der Waals surface area contributed by atoms with Gasteiger partial charge in [0.05, 0.1) is 0 Å². The molecule has 0 amide bonds. The van der Waals surface area contributed by atoms with Crippen molar-refractivity contribution in [3.63, 3.8) is 0 Å². The second-order valence-electron chi connectivity index (χ2n) is 6.94. The summed E-state index contributed by atoms with van der Waals surface area (Å²) in [6, 6.07) is 0.749. The van der Waals surface area contributed by atoms with Gasteiger partial charge in [0.1, 0.15) is 0 Å². The zero-order valence-corrected chi connectivity index (χ0v) is 12.0. The van der Waals surface area contributed by atoms with Gasteiger partial charge in [-0.15, -0.1) is 0 Å². The van der Waals surface area contributed by atoms with Gasteiger partial charge in [-0.3, -0.25) is 0 Å². The summed E-state index contributed by atoms with van der Waals surface area (Å²) in [5, 5.41) is 3.69. The minimum Gasteiger partial charge on any atom is -0.313 e. The van der Waals surface area contributed by atoms with Gasteiger partial charge in [0, 0.05) is 19.1 Å². The van der Waals surface area contributed by atoms with Gasteiger partial charge in [-0.25, -0.2) is 0 Å². The van der Waals surface area contributed by atoms with Crippen LogP contribution in [0.3, 0.4) is 0 Å². The molecule has 100 valence electrons.